The van der Waals surface area contributed by atoms with E-state index in [4.69, 9.17) is 19.1 Å². The summed E-state index contributed by atoms with van der Waals surface area (Å²) in [5, 5.41) is 13.5. The number of furan rings is 1. The molecular formula is C31H23N4O3Pt-. The summed E-state index contributed by atoms with van der Waals surface area (Å²) < 4.78 is 14.0. The van der Waals surface area contributed by atoms with Gasteiger partial charge in [0, 0.05) is 67.0 Å². The minimum atomic E-state index is -0.0200. The number of aromatic nitrogens is 4. The quantitative estimate of drug-likeness (QED) is 0.193. The Kier molecular flexibility index (Phi) is 5.92. The Morgan fingerprint density at radius 1 is 0.923 bits per heavy atom. The Labute approximate surface area is 238 Å². The molecule has 0 spiro atoms. The monoisotopic (exact) mass is 694 g/mol. The standard InChI is InChI=1S/C31H23N4O3.Pt/c1-31(2,3)18-12-14-32-26(16-18)35-23-7-5-4-6-20(23)21-9-11-27(34-29(21)35)37-19-8-10-25-22(17-19)28-24(36)13-15-33-30(28)38-25;/h4-16H,1-3H3,(H,33,36);/q-1;. The van der Waals surface area contributed by atoms with Gasteiger partial charge in [-0.2, -0.15) is 4.98 Å². The Morgan fingerprint density at radius 2 is 1.74 bits per heavy atom. The first-order valence-corrected chi connectivity index (χ1v) is 12.3. The zero-order valence-corrected chi connectivity index (χ0v) is 23.6. The molecule has 0 radical (unpaired) electrons. The van der Waals surface area contributed by atoms with Crippen molar-refractivity contribution in [2.24, 2.45) is 0 Å². The summed E-state index contributed by atoms with van der Waals surface area (Å²) in [5.74, 6) is 1.75. The van der Waals surface area contributed by atoms with Gasteiger partial charge in [0.1, 0.15) is 5.82 Å². The average molecular weight is 695 g/mol. The number of hydrogen-bond acceptors (Lipinski definition) is 6. The molecule has 0 aliphatic rings. The maximum Gasteiger partial charge on any atom is 0.219 e. The number of rotatable bonds is 3. The molecule has 0 fully saturated rings. The second kappa shape index (κ2) is 9.21. The summed E-state index contributed by atoms with van der Waals surface area (Å²) in [7, 11) is 0. The molecule has 2 aromatic carbocycles. The third-order valence-corrected chi connectivity index (χ3v) is 6.78. The summed E-state index contributed by atoms with van der Waals surface area (Å²) in [4.78, 5) is 13.8. The predicted molar refractivity (Wildman–Crippen MR) is 147 cm³/mol. The van der Waals surface area contributed by atoms with E-state index in [2.05, 4.69) is 60.7 Å². The van der Waals surface area contributed by atoms with Crippen LogP contribution in [0, 0.1) is 6.07 Å². The van der Waals surface area contributed by atoms with E-state index in [0.29, 0.717) is 33.7 Å². The molecule has 0 saturated carbocycles. The van der Waals surface area contributed by atoms with Crippen LogP contribution in [-0.2, 0) is 26.5 Å². The van der Waals surface area contributed by atoms with Crippen molar-refractivity contribution in [1.82, 2.24) is 19.5 Å². The van der Waals surface area contributed by atoms with E-state index in [1.165, 1.54) is 17.8 Å². The van der Waals surface area contributed by atoms with Gasteiger partial charge >= 0.3 is 0 Å². The molecule has 39 heavy (non-hydrogen) atoms. The van der Waals surface area contributed by atoms with Crippen LogP contribution in [0.2, 0.25) is 0 Å². The van der Waals surface area contributed by atoms with E-state index in [-0.39, 0.29) is 32.2 Å². The number of para-hydroxylation sites is 1. The maximum atomic E-state index is 10.4. The Balaban J connectivity index is 0.00000277. The number of nitrogens with zero attached hydrogens (tertiary/aromatic N) is 4. The smallest absolute Gasteiger partial charge is 0.219 e. The van der Waals surface area contributed by atoms with Crippen LogP contribution in [0.15, 0.2) is 83.5 Å². The normalized spacial score (nSPS) is 11.9. The molecule has 1 N–H and O–H groups in total. The number of benzene rings is 2. The molecule has 5 aromatic heterocycles. The molecule has 7 aromatic rings. The first kappa shape index (κ1) is 25.1. The number of hydrogen-bond donors (Lipinski definition) is 1. The van der Waals surface area contributed by atoms with Crippen LogP contribution in [0.25, 0.3) is 49.8 Å². The molecule has 7 nitrogen and oxygen atoms in total. The van der Waals surface area contributed by atoms with Crippen molar-refractivity contribution in [3.05, 3.63) is 90.8 Å². The molecule has 8 heteroatoms. The summed E-state index contributed by atoms with van der Waals surface area (Å²) in [6, 6.07) is 24.5. The van der Waals surface area contributed by atoms with Crippen LogP contribution >= 0.6 is 0 Å². The number of aromatic hydroxyl groups is 1. The summed E-state index contributed by atoms with van der Waals surface area (Å²) >= 11 is 0. The van der Waals surface area contributed by atoms with Gasteiger partial charge in [-0.1, -0.05) is 62.6 Å². The summed E-state index contributed by atoms with van der Waals surface area (Å²) in [5.41, 5.74) is 3.85. The van der Waals surface area contributed by atoms with E-state index >= 15 is 0 Å². The van der Waals surface area contributed by atoms with E-state index < -0.39 is 0 Å². The first-order chi connectivity index (χ1) is 18.4. The largest absolute Gasteiger partial charge is 0.517 e. The third kappa shape index (κ3) is 4.14. The minimum Gasteiger partial charge on any atom is -0.517 e. The van der Waals surface area contributed by atoms with Crippen molar-refractivity contribution < 1.29 is 35.3 Å². The van der Waals surface area contributed by atoms with Gasteiger partial charge in [-0.25, -0.2) is 9.97 Å². The second-order valence-corrected chi connectivity index (χ2v) is 10.3. The predicted octanol–water partition coefficient (Wildman–Crippen LogP) is 7.46. The van der Waals surface area contributed by atoms with Crippen LogP contribution in [0.3, 0.4) is 0 Å². The Hall–Kier alpha value is -4.22. The molecule has 5 heterocycles. The van der Waals surface area contributed by atoms with Crippen molar-refractivity contribution in [1.29, 1.82) is 0 Å². The Morgan fingerprint density at radius 3 is 2.59 bits per heavy atom. The van der Waals surface area contributed by atoms with Gasteiger partial charge in [-0.3, -0.25) is 4.57 Å². The van der Waals surface area contributed by atoms with Gasteiger partial charge in [0.2, 0.25) is 5.88 Å². The molecule has 0 unspecified atom stereocenters. The van der Waals surface area contributed by atoms with Gasteiger partial charge < -0.3 is 14.3 Å². The molecule has 0 atom stereocenters. The molecule has 0 aliphatic carbocycles. The van der Waals surface area contributed by atoms with Gasteiger partial charge in [-0.05, 0) is 41.3 Å². The van der Waals surface area contributed by atoms with E-state index in [1.54, 1.807) is 12.1 Å². The number of ether oxygens (including phenoxy) is 1. The fourth-order valence-corrected chi connectivity index (χ4v) is 4.87. The minimum absolute atomic E-state index is 0. The zero-order chi connectivity index (χ0) is 26.0. The average Bonchev–Trinajstić information content (AvgIpc) is 3.44. The fraction of sp³-hybridized carbons (Fsp3) is 0.129. The maximum absolute atomic E-state index is 10.4. The third-order valence-electron chi connectivity index (χ3n) is 6.78. The molecule has 0 amide bonds. The Bertz CT molecular complexity index is 2020. The van der Waals surface area contributed by atoms with Crippen LogP contribution in [0.4, 0.5) is 0 Å². The molecule has 0 bridgehead atoms. The van der Waals surface area contributed by atoms with E-state index in [0.717, 1.165) is 27.8 Å². The summed E-state index contributed by atoms with van der Waals surface area (Å²) in [6.07, 6.45) is 3.35. The van der Waals surface area contributed by atoms with Crippen LogP contribution < -0.4 is 4.74 Å². The van der Waals surface area contributed by atoms with Crippen molar-refractivity contribution in [2.75, 3.05) is 0 Å². The van der Waals surface area contributed by atoms with E-state index in [9.17, 15) is 5.11 Å². The van der Waals surface area contributed by atoms with Crippen LogP contribution in [-0.4, -0.2) is 24.6 Å². The molecule has 7 rings (SSSR count). The molecular weight excluding hydrogens is 671 g/mol. The molecule has 196 valence electrons. The number of pyridine rings is 3. The van der Waals surface area contributed by atoms with Crippen molar-refractivity contribution >= 4 is 44.0 Å². The fourth-order valence-electron chi connectivity index (χ4n) is 4.87. The zero-order valence-electron chi connectivity index (χ0n) is 21.4. The van der Waals surface area contributed by atoms with Gasteiger partial charge in [-0.15, -0.1) is 0 Å². The number of fused-ring (bicyclic) bond motifs is 6. The summed E-state index contributed by atoms with van der Waals surface area (Å²) in [6.45, 7) is 6.57. The van der Waals surface area contributed by atoms with Crippen LogP contribution in [0.5, 0.6) is 17.4 Å². The van der Waals surface area contributed by atoms with Gasteiger partial charge in [0.25, 0.3) is 0 Å². The van der Waals surface area contributed by atoms with Gasteiger partial charge in [0.05, 0.1) is 11.3 Å². The molecule has 0 saturated heterocycles. The van der Waals surface area contributed by atoms with E-state index in [1.807, 2.05) is 30.5 Å². The molecule has 0 aliphatic heterocycles. The SMILES string of the molecule is CC(C)(C)c1ccnc(-n2c3ccccc3c3ccc(Oc4[c-]c5c(cc4)oc4nccc(O)c45)nc32)c1.[Pt]. The van der Waals surface area contributed by atoms with Gasteiger partial charge in [0.15, 0.2) is 11.4 Å². The topological polar surface area (TPSA) is 86.2 Å². The first-order valence-electron chi connectivity index (χ1n) is 12.3. The second-order valence-electron chi connectivity index (χ2n) is 10.3. The van der Waals surface area contributed by atoms with Crippen molar-refractivity contribution in [3.63, 3.8) is 0 Å². The van der Waals surface area contributed by atoms with Crippen molar-refractivity contribution in [3.8, 4) is 23.2 Å². The van der Waals surface area contributed by atoms with Crippen LogP contribution in [0.1, 0.15) is 26.3 Å². The van der Waals surface area contributed by atoms with Crippen molar-refractivity contribution in [2.45, 2.75) is 26.2 Å².